The van der Waals surface area contributed by atoms with Gasteiger partial charge in [-0.1, -0.05) is 19.1 Å². The van der Waals surface area contributed by atoms with E-state index in [1.54, 1.807) is 28.9 Å². The molecule has 20 heavy (non-hydrogen) atoms. The predicted octanol–water partition coefficient (Wildman–Crippen LogP) is 1.76. The average Bonchev–Trinajstić information content (AvgIpc) is 2.82. The molecule has 104 valence electrons. The lowest BCUT2D eigenvalue weighted by Crippen LogP contribution is -2.06. The Kier molecular flexibility index (Phi) is 3.84. The minimum Gasteiger partial charge on any atom is -0.481 e. The number of carboxylic acids is 2. The van der Waals surface area contributed by atoms with E-state index in [4.69, 9.17) is 10.2 Å². The fourth-order valence-electron chi connectivity index (χ4n) is 2.04. The van der Waals surface area contributed by atoms with E-state index in [9.17, 15) is 9.59 Å². The fourth-order valence-corrected chi connectivity index (χ4v) is 2.04. The summed E-state index contributed by atoms with van der Waals surface area (Å²) in [6.45, 7) is 1.86. The van der Waals surface area contributed by atoms with Gasteiger partial charge in [0.15, 0.2) is 0 Å². The van der Waals surface area contributed by atoms with Crippen LogP contribution < -0.4 is 0 Å². The molecule has 1 heterocycles. The molecule has 2 aromatic rings. The molecule has 0 bridgehead atoms. The lowest BCUT2D eigenvalue weighted by molar-refractivity contribution is -0.136. The molecule has 0 aliphatic heterocycles. The summed E-state index contributed by atoms with van der Waals surface area (Å²) in [6, 6.07) is 6.86. The molecule has 1 aromatic carbocycles. The molecule has 0 aliphatic carbocycles. The van der Waals surface area contributed by atoms with E-state index in [0.29, 0.717) is 23.4 Å². The van der Waals surface area contributed by atoms with Crippen LogP contribution in [-0.2, 0) is 17.6 Å². The van der Waals surface area contributed by atoms with Gasteiger partial charge in [0.2, 0.25) is 0 Å². The maximum Gasteiger partial charge on any atom is 0.339 e. The van der Waals surface area contributed by atoms with Gasteiger partial charge in [-0.25, -0.2) is 9.48 Å². The maximum atomic E-state index is 11.1. The summed E-state index contributed by atoms with van der Waals surface area (Å²) in [5.74, 6) is -1.89. The first-order valence-electron chi connectivity index (χ1n) is 6.14. The van der Waals surface area contributed by atoms with Crippen molar-refractivity contribution in [3.05, 3.63) is 47.3 Å². The van der Waals surface area contributed by atoms with Crippen LogP contribution in [0.15, 0.2) is 30.5 Å². The highest BCUT2D eigenvalue weighted by Gasteiger charge is 2.16. The number of benzene rings is 1. The zero-order valence-corrected chi connectivity index (χ0v) is 10.9. The molecular formula is C14H14N2O4. The first kappa shape index (κ1) is 13.8. The van der Waals surface area contributed by atoms with Crippen molar-refractivity contribution in [1.29, 1.82) is 0 Å². The van der Waals surface area contributed by atoms with Crippen molar-refractivity contribution in [2.75, 3.05) is 0 Å². The number of nitrogens with zero attached hydrogens (tertiary/aromatic N) is 2. The number of rotatable bonds is 5. The highest BCUT2D eigenvalue weighted by atomic mass is 16.4. The fraction of sp³-hybridized carbons (Fsp3) is 0.214. The lowest BCUT2D eigenvalue weighted by Gasteiger charge is -2.07. The normalized spacial score (nSPS) is 10.4. The molecule has 2 N–H and O–H groups in total. The van der Waals surface area contributed by atoms with E-state index < -0.39 is 11.9 Å². The molecule has 0 radical (unpaired) electrons. The molecule has 0 aliphatic rings. The van der Waals surface area contributed by atoms with E-state index >= 15 is 0 Å². The molecule has 0 atom stereocenters. The van der Waals surface area contributed by atoms with Crippen molar-refractivity contribution >= 4 is 11.9 Å². The van der Waals surface area contributed by atoms with Crippen LogP contribution in [0.5, 0.6) is 0 Å². The summed E-state index contributed by atoms with van der Waals surface area (Å²) in [6.07, 6.45) is 1.82. The first-order valence-corrected chi connectivity index (χ1v) is 6.14. The van der Waals surface area contributed by atoms with Gasteiger partial charge in [0.25, 0.3) is 0 Å². The molecule has 0 amide bonds. The number of aromatic carboxylic acids is 1. The van der Waals surface area contributed by atoms with Gasteiger partial charge >= 0.3 is 11.9 Å². The van der Waals surface area contributed by atoms with Crippen molar-refractivity contribution in [2.24, 2.45) is 0 Å². The first-order chi connectivity index (χ1) is 9.52. The second-order valence-corrected chi connectivity index (χ2v) is 4.31. The van der Waals surface area contributed by atoms with Crippen molar-refractivity contribution < 1.29 is 19.8 Å². The summed E-state index contributed by atoms with van der Waals surface area (Å²) < 4.78 is 1.56. The zero-order chi connectivity index (χ0) is 14.7. The van der Waals surface area contributed by atoms with Crippen LogP contribution in [-0.4, -0.2) is 31.9 Å². The van der Waals surface area contributed by atoms with Crippen LogP contribution >= 0.6 is 0 Å². The van der Waals surface area contributed by atoms with Gasteiger partial charge in [-0.15, -0.1) is 0 Å². The van der Waals surface area contributed by atoms with E-state index in [2.05, 4.69) is 5.10 Å². The Morgan fingerprint density at radius 3 is 2.35 bits per heavy atom. The quantitative estimate of drug-likeness (QED) is 0.866. The molecular weight excluding hydrogens is 260 g/mol. The molecule has 6 nitrogen and oxygen atoms in total. The van der Waals surface area contributed by atoms with Gasteiger partial charge in [0, 0.05) is 0 Å². The number of hydrogen-bond acceptors (Lipinski definition) is 3. The van der Waals surface area contributed by atoms with Crippen LogP contribution in [0.3, 0.4) is 0 Å². The topological polar surface area (TPSA) is 92.4 Å². The Balaban J connectivity index is 2.37. The summed E-state index contributed by atoms with van der Waals surface area (Å²) >= 11 is 0. The van der Waals surface area contributed by atoms with Gasteiger partial charge < -0.3 is 10.2 Å². The zero-order valence-electron chi connectivity index (χ0n) is 10.9. The number of aromatic nitrogens is 2. The van der Waals surface area contributed by atoms with E-state index in [-0.39, 0.29) is 12.0 Å². The highest BCUT2D eigenvalue weighted by Crippen LogP contribution is 2.16. The SMILES string of the molecule is CCc1c(C(=O)O)cnn1-c1ccc(CC(=O)O)cc1. The van der Waals surface area contributed by atoms with Gasteiger partial charge in [0.1, 0.15) is 5.56 Å². The maximum absolute atomic E-state index is 11.1. The molecule has 0 saturated heterocycles. The Morgan fingerprint density at radius 1 is 1.20 bits per heavy atom. The van der Waals surface area contributed by atoms with Crippen LogP contribution in [0.4, 0.5) is 0 Å². The molecule has 2 rings (SSSR count). The summed E-state index contributed by atoms with van der Waals surface area (Å²) in [5.41, 5.74) is 2.19. The Bertz CT molecular complexity index is 644. The molecule has 1 aromatic heterocycles. The third-order valence-electron chi connectivity index (χ3n) is 2.97. The minimum atomic E-state index is -1.00. The highest BCUT2D eigenvalue weighted by molar-refractivity contribution is 5.88. The van der Waals surface area contributed by atoms with Crippen LogP contribution in [0.25, 0.3) is 5.69 Å². The summed E-state index contributed by atoms with van der Waals surface area (Å²) in [7, 11) is 0. The number of carboxylic acid groups (broad SMARTS) is 2. The van der Waals surface area contributed by atoms with E-state index in [0.717, 1.165) is 0 Å². The Morgan fingerprint density at radius 2 is 1.85 bits per heavy atom. The standard InChI is InChI=1S/C14H14N2O4/c1-2-12-11(14(19)20)8-15-16(12)10-5-3-9(4-6-10)7-13(17)18/h3-6,8H,2,7H2,1H3,(H,17,18)(H,19,20). The molecule has 0 unspecified atom stereocenters. The lowest BCUT2D eigenvalue weighted by atomic mass is 10.1. The van der Waals surface area contributed by atoms with Gasteiger partial charge in [-0.05, 0) is 24.1 Å². The largest absolute Gasteiger partial charge is 0.481 e. The molecule has 0 saturated carbocycles. The van der Waals surface area contributed by atoms with Gasteiger partial charge in [-0.2, -0.15) is 5.10 Å². The Labute approximate surface area is 115 Å². The smallest absolute Gasteiger partial charge is 0.339 e. The van der Waals surface area contributed by atoms with E-state index in [1.165, 1.54) is 6.20 Å². The van der Waals surface area contributed by atoms with Crippen LogP contribution in [0.2, 0.25) is 0 Å². The van der Waals surface area contributed by atoms with Crippen molar-refractivity contribution in [2.45, 2.75) is 19.8 Å². The third kappa shape index (κ3) is 2.69. The number of aliphatic carboxylic acids is 1. The minimum absolute atomic E-state index is 0.0413. The van der Waals surface area contributed by atoms with Gasteiger partial charge in [-0.3, -0.25) is 4.79 Å². The molecule has 6 heteroatoms. The number of carbonyl (C=O) groups is 2. The number of hydrogen-bond donors (Lipinski definition) is 2. The van der Waals surface area contributed by atoms with Crippen LogP contribution in [0.1, 0.15) is 28.5 Å². The molecule has 0 spiro atoms. The van der Waals surface area contributed by atoms with Crippen LogP contribution in [0, 0.1) is 0 Å². The second kappa shape index (κ2) is 5.56. The summed E-state index contributed by atoms with van der Waals surface area (Å²) in [5, 5.41) is 21.9. The second-order valence-electron chi connectivity index (χ2n) is 4.31. The average molecular weight is 274 g/mol. The predicted molar refractivity (Wildman–Crippen MR) is 71.2 cm³/mol. The van der Waals surface area contributed by atoms with Crippen molar-refractivity contribution in [3.8, 4) is 5.69 Å². The third-order valence-corrected chi connectivity index (χ3v) is 2.97. The monoisotopic (exact) mass is 274 g/mol. The van der Waals surface area contributed by atoms with Crippen molar-refractivity contribution in [1.82, 2.24) is 9.78 Å². The Hall–Kier alpha value is -2.63. The van der Waals surface area contributed by atoms with E-state index in [1.807, 2.05) is 6.92 Å². The molecule has 0 fully saturated rings. The van der Waals surface area contributed by atoms with Gasteiger partial charge in [0.05, 0.1) is 24.0 Å². The van der Waals surface area contributed by atoms with Crippen molar-refractivity contribution in [3.63, 3.8) is 0 Å². The summed E-state index contributed by atoms with van der Waals surface area (Å²) in [4.78, 5) is 21.7.